The van der Waals surface area contributed by atoms with Gasteiger partial charge in [-0.15, -0.1) is 0 Å². The second kappa shape index (κ2) is 5.79. The molecule has 2 N–H and O–H groups in total. The van der Waals surface area contributed by atoms with Gasteiger partial charge >= 0.3 is 0 Å². The summed E-state index contributed by atoms with van der Waals surface area (Å²) in [5.74, 6) is 0.0631. The molecule has 0 amide bonds. The highest BCUT2D eigenvalue weighted by Crippen LogP contribution is 2.12. The minimum atomic E-state index is -3.16. The molecule has 1 saturated heterocycles. The third-order valence-electron chi connectivity index (χ3n) is 2.50. The third-order valence-corrected chi connectivity index (χ3v) is 4.30. The average molecular weight is 236 g/mol. The largest absolute Gasteiger partial charge is 0.381 e. The van der Waals surface area contributed by atoms with Crippen LogP contribution in [0.5, 0.6) is 0 Å². The third kappa shape index (κ3) is 4.06. The quantitative estimate of drug-likeness (QED) is 0.670. The molecule has 1 aliphatic rings. The minimum absolute atomic E-state index is 0.0133. The highest BCUT2D eigenvalue weighted by atomic mass is 32.2. The normalized spacial score (nSPS) is 24.3. The van der Waals surface area contributed by atoms with E-state index < -0.39 is 10.0 Å². The molecular weight excluding hydrogens is 216 g/mol. The van der Waals surface area contributed by atoms with Crippen molar-refractivity contribution in [2.75, 3.05) is 32.1 Å². The minimum Gasteiger partial charge on any atom is -0.381 e. The summed E-state index contributed by atoms with van der Waals surface area (Å²) in [4.78, 5) is 0. The van der Waals surface area contributed by atoms with Crippen LogP contribution in [0.15, 0.2) is 0 Å². The summed E-state index contributed by atoms with van der Waals surface area (Å²) in [5, 5.41) is 0. The van der Waals surface area contributed by atoms with E-state index in [1.54, 1.807) is 0 Å². The van der Waals surface area contributed by atoms with Crippen LogP contribution in [0.25, 0.3) is 0 Å². The summed E-state index contributed by atoms with van der Waals surface area (Å²) in [6, 6.07) is -0.0133. The van der Waals surface area contributed by atoms with Crippen LogP contribution in [0.3, 0.4) is 0 Å². The lowest BCUT2D eigenvalue weighted by atomic mass is 10.1. The number of hydrogen-bond acceptors (Lipinski definition) is 4. The van der Waals surface area contributed by atoms with Gasteiger partial charge in [0.05, 0.1) is 12.4 Å². The Morgan fingerprint density at radius 2 is 2.27 bits per heavy atom. The number of hydrogen-bond donors (Lipinski definition) is 1. The summed E-state index contributed by atoms with van der Waals surface area (Å²) in [7, 11) is -3.16. The first-order valence-corrected chi connectivity index (χ1v) is 6.98. The van der Waals surface area contributed by atoms with Gasteiger partial charge in [-0.05, 0) is 19.8 Å². The Hall–Kier alpha value is -0.170. The smallest absolute Gasteiger partial charge is 0.216 e. The number of nitrogens with two attached hydrogens (primary N) is 1. The van der Waals surface area contributed by atoms with E-state index in [4.69, 9.17) is 10.5 Å². The predicted molar refractivity (Wildman–Crippen MR) is 59.1 cm³/mol. The monoisotopic (exact) mass is 236 g/mol. The standard InChI is InChI=1S/C9H20N2O3S/c1-2-14-6-7-15(12,13)11-5-3-4-9(10)8-11/h9H,2-8,10H2,1H3. The molecule has 1 rings (SSSR count). The van der Waals surface area contributed by atoms with Crippen LogP contribution in [-0.2, 0) is 14.8 Å². The fraction of sp³-hybridized carbons (Fsp3) is 1.00. The van der Waals surface area contributed by atoms with E-state index >= 15 is 0 Å². The molecule has 1 heterocycles. The summed E-state index contributed by atoms with van der Waals surface area (Å²) in [6.07, 6.45) is 1.77. The van der Waals surface area contributed by atoms with Crippen LogP contribution in [0, 0.1) is 0 Å². The number of rotatable bonds is 5. The topological polar surface area (TPSA) is 72.6 Å². The van der Waals surface area contributed by atoms with Crippen molar-refractivity contribution in [3.63, 3.8) is 0 Å². The zero-order valence-electron chi connectivity index (χ0n) is 9.18. The summed E-state index contributed by atoms with van der Waals surface area (Å²) < 4.78 is 30.1. The van der Waals surface area contributed by atoms with E-state index in [-0.39, 0.29) is 18.4 Å². The van der Waals surface area contributed by atoms with Crippen LogP contribution < -0.4 is 5.73 Å². The van der Waals surface area contributed by atoms with Crippen LogP contribution in [-0.4, -0.2) is 50.8 Å². The van der Waals surface area contributed by atoms with Crippen molar-refractivity contribution in [3.8, 4) is 0 Å². The van der Waals surface area contributed by atoms with Crippen molar-refractivity contribution in [1.82, 2.24) is 4.31 Å². The molecule has 0 aromatic rings. The maximum atomic E-state index is 11.8. The zero-order valence-corrected chi connectivity index (χ0v) is 10.0. The number of sulfonamides is 1. The summed E-state index contributed by atoms with van der Waals surface area (Å²) >= 11 is 0. The molecule has 0 spiro atoms. The fourth-order valence-corrected chi connectivity index (χ4v) is 3.08. The Labute approximate surface area is 91.6 Å². The van der Waals surface area contributed by atoms with E-state index in [1.165, 1.54) is 4.31 Å². The van der Waals surface area contributed by atoms with Crippen molar-refractivity contribution in [1.29, 1.82) is 0 Å². The molecule has 0 aliphatic carbocycles. The number of piperidine rings is 1. The summed E-state index contributed by atoms with van der Waals surface area (Å²) in [5.41, 5.74) is 5.74. The van der Waals surface area contributed by atoms with Gasteiger partial charge in [0, 0.05) is 25.7 Å². The van der Waals surface area contributed by atoms with E-state index in [2.05, 4.69) is 0 Å². The fourth-order valence-electron chi connectivity index (χ4n) is 1.66. The van der Waals surface area contributed by atoms with Gasteiger partial charge in [-0.25, -0.2) is 12.7 Å². The first-order valence-electron chi connectivity index (χ1n) is 5.37. The molecule has 1 aliphatic heterocycles. The highest BCUT2D eigenvalue weighted by molar-refractivity contribution is 7.89. The Kier molecular flexibility index (Phi) is 4.98. The van der Waals surface area contributed by atoms with E-state index in [1.807, 2.05) is 6.92 Å². The lowest BCUT2D eigenvalue weighted by molar-refractivity contribution is 0.162. The van der Waals surface area contributed by atoms with Crippen molar-refractivity contribution in [3.05, 3.63) is 0 Å². The van der Waals surface area contributed by atoms with E-state index in [9.17, 15) is 8.42 Å². The van der Waals surface area contributed by atoms with E-state index in [0.29, 0.717) is 19.7 Å². The second-order valence-electron chi connectivity index (χ2n) is 3.77. The van der Waals surface area contributed by atoms with Crippen molar-refractivity contribution in [2.45, 2.75) is 25.8 Å². The van der Waals surface area contributed by atoms with Crippen molar-refractivity contribution >= 4 is 10.0 Å². The van der Waals surface area contributed by atoms with Gasteiger partial charge < -0.3 is 10.5 Å². The predicted octanol–water partition coefficient (Wildman–Crippen LogP) is -0.224. The van der Waals surface area contributed by atoms with Crippen LogP contribution in [0.1, 0.15) is 19.8 Å². The molecule has 1 unspecified atom stereocenters. The maximum Gasteiger partial charge on any atom is 0.216 e. The Morgan fingerprint density at radius 1 is 1.53 bits per heavy atom. The van der Waals surface area contributed by atoms with Gasteiger partial charge in [0.2, 0.25) is 10.0 Å². The first-order chi connectivity index (χ1) is 7.06. The highest BCUT2D eigenvalue weighted by Gasteiger charge is 2.26. The molecule has 0 saturated carbocycles. The first kappa shape index (κ1) is 12.9. The van der Waals surface area contributed by atoms with Gasteiger partial charge in [0.1, 0.15) is 0 Å². The molecule has 0 aromatic heterocycles. The lowest BCUT2D eigenvalue weighted by Crippen LogP contribution is -2.46. The van der Waals surface area contributed by atoms with Crippen LogP contribution >= 0.6 is 0 Å². The molecule has 1 fully saturated rings. The zero-order chi connectivity index (χ0) is 11.3. The molecule has 5 nitrogen and oxygen atoms in total. The van der Waals surface area contributed by atoms with Crippen molar-refractivity contribution in [2.24, 2.45) is 5.73 Å². The van der Waals surface area contributed by atoms with Gasteiger partial charge in [0.15, 0.2) is 0 Å². The Balaban J connectivity index is 2.45. The number of nitrogens with zero attached hydrogens (tertiary/aromatic N) is 1. The molecule has 1 atom stereocenters. The maximum absolute atomic E-state index is 11.8. The number of ether oxygens (including phenoxy) is 1. The van der Waals surface area contributed by atoms with E-state index in [0.717, 1.165) is 12.8 Å². The molecule has 6 heteroatoms. The van der Waals surface area contributed by atoms with Crippen molar-refractivity contribution < 1.29 is 13.2 Å². The van der Waals surface area contributed by atoms with Crippen LogP contribution in [0.4, 0.5) is 0 Å². The Bertz CT molecular complexity index is 279. The molecule has 0 bridgehead atoms. The second-order valence-corrected chi connectivity index (χ2v) is 5.86. The molecule has 15 heavy (non-hydrogen) atoms. The van der Waals surface area contributed by atoms with Gasteiger partial charge in [-0.3, -0.25) is 0 Å². The SMILES string of the molecule is CCOCCS(=O)(=O)N1CCCC(N)C1. The van der Waals surface area contributed by atoms with Gasteiger partial charge in [-0.1, -0.05) is 0 Å². The molecule has 0 radical (unpaired) electrons. The van der Waals surface area contributed by atoms with Gasteiger partial charge in [0.25, 0.3) is 0 Å². The van der Waals surface area contributed by atoms with Gasteiger partial charge in [-0.2, -0.15) is 0 Å². The molecule has 0 aromatic carbocycles. The molecular formula is C9H20N2O3S. The lowest BCUT2D eigenvalue weighted by Gasteiger charge is -2.29. The van der Waals surface area contributed by atoms with Crippen LogP contribution in [0.2, 0.25) is 0 Å². The average Bonchev–Trinajstić information content (AvgIpc) is 2.18. The Morgan fingerprint density at radius 3 is 2.87 bits per heavy atom. The molecule has 90 valence electrons. The summed E-state index contributed by atoms with van der Waals surface area (Å²) in [6.45, 7) is 3.72.